The molecule has 1 aromatic carbocycles. The predicted octanol–water partition coefficient (Wildman–Crippen LogP) is 3.83. The molecule has 0 bridgehead atoms. The smallest absolute Gasteiger partial charge is 0.481 e. The Kier molecular flexibility index (Phi) is 7.27. The fourth-order valence-electron chi connectivity index (χ4n) is 2.89. The number of alkyl halides is 3. The van der Waals surface area contributed by atoms with E-state index in [1.54, 1.807) is 20.9 Å². The van der Waals surface area contributed by atoms with Crippen LogP contribution in [0.2, 0.25) is 0 Å². The highest BCUT2D eigenvalue weighted by atomic mass is 32.2. The second kappa shape index (κ2) is 9.15. The Balaban J connectivity index is 1.86. The number of thioether (sulfide) groups is 1. The van der Waals surface area contributed by atoms with E-state index in [4.69, 9.17) is 0 Å². The van der Waals surface area contributed by atoms with Crippen LogP contribution in [-0.4, -0.2) is 64.1 Å². The predicted molar refractivity (Wildman–Crippen MR) is 103 cm³/mol. The molecule has 1 aliphatic rings. The number of hydrogen-bond donors (Lipinski definition) is 1. The van der Waals surface area contributed by atoms with Crippen molar-refractivity contribution >= 4 is 29.7 Å². The van der Waals surface area contributed by atoms with E-state index < -0.39 is 29.8 Å². The summed E-state index contributed by atoms with van der Waals surface area (Å²) in [7, 11) is 1.54. The monoisotopic (exact) mass is 448 g/mol. The minimum absolute atomic E-state index is 0.128. The van der Waals surface area contributed by atoms with Crippen LogP contribution in [0.25, 0.3) is 0 Å². The Hall–Kier alpha value is -2.43. The highest BCUT2D eigenvalue weighted by Gasteiger charge is 2.48. The lowest BCUT2D eigenvalue weighted by molar-refractivity contribution is -0.274. The first-order chi connectivity index (χ1) is 13.8. The van der Waals surface area contributed by atoms with E-state index in [1.807, 2.05) is 0 Å². The number of rotatable bonds is 9. The first-order valence-corrected chi connectivity index (χ1v) is 10.1. The number of carboxylic acid groups (broad SMARTS) is 1. The molecule has 1 fully saturated rings. The van der Waals surface area contributed by atoms with E-state index >= 15 is 0 Å². The molecule has 1 unspecified atom stereocenters. The Morgan fingerprint density at radius 2 is 1.83 bits per heavy atom. The molecular weight excluding hydrogens is 425 g/mol. The molecule has 1 aliphatic heterocycles. The second-order valence-corrected chi connectivity index (χ2v) is 8.46. The van der Waals surface area contributed by atoms with Gasteiger partial charge in [-0.25, -0.2) is 4.79 Å². The Labute approximate surface area is 176 Å². The van der Waals surface area contributed by atoms with Crippen molar-refractivity contribution in [1.29, 1.82) is 0 Å². The summed E-state index contributed by atoms with van der Waals surface area (Å²) >= 11 is 1.19. The molecule has 1 N–H and O–H groups in total. The zero-order valence-electron chi connectivity index (χ0n) is 16.7. The lowest BCUT2D eigenvalue weighted by atomic mass is 10.0. The fraction of sp³-hybridized carbons (Fsp3) is 0.526. The molecule has 7 nitrogen and oxygen atoms in total. The van der Waals surface area contributed by atoms with Crippen LogP contribution in [-0.2, 0) is 9.59 Å². The summed E-state index contributed by atoms with van der Waals surface area (Å²) in [5.74, 6) is -2.23. The van der Waals surface area contributed by atoms with Crippen LogP contribution in [0.15, 0.2) is 29.2 Å². The number of benzene rings is 1. The fourth-order valence-corrected chi connectivity index (χ4v) is 3.92. The summed E-state index contributed by atoms with van der Waals surface area (Å²) < 4.78 is 40.4. The van der Waals surface area contributed by atoms with Gasteiger partial charge in [0.05, 0.1) is 5.92 Å². The van der Waals surface area contributed by atoms with E-state index in [-0.39, 0.29) is 30.4 Å². The topological polar surface area (TPSA) is 87.2 Å². The quantitative estimate of drug-likeness (QED) is 0.456. The highest BCUT2D eigenvalue weighted by molar-refractivity contribution is 7.99. The molecule has 1 saturated heterocycles. The number of likely N-dealkylation sites (N-methyl/N-ethyl adjacent to an activating group) is 1. The maximum atomic E-state index is 12.3. The molecule has 1 aromatic rings. The number of amides is 3. The number of nitrogens with zero attached hydrogens (tertiary/aromatic N) is 2. The molecule has 0 aromatic heterocycles. The number of carbonyl (C=O) groups is 3. The minimum Gasteiger partial charge on any atom is -0.481 e. The summed E-state index contributed by atoms with van der Waals surface area (Å²) in [5.41, 5.74) is -0.929. The van der Waals surface area contributed by atoms with Gasteiger partial charge >= 0.3 is 18.4 Å². The van der Waals surface area contributed by atoms with Crippen LogP contribution in [0.4, 0.5) is 18.0 Å². The summed E-state index contributed by atoms with van der Waals surface area (Å²) in [6.07, 6.45) is -4.19. The van der Waals surface area contributed by atoms with E-state index in [0.717, 1.165) is 17.0 Å². The van der Waals surface area contributed by atoms with Gasteiger partial charge in [0.15, 0.2) is 0 Å². The lowest BCUT2D eigenvalue weighted by Gasteiger charge is -2.22. The average molecular weight is 448 g/mol. The van der Waals surface area contributed by atoms with Gasteiger partial charge in [-0.15, -0.1) is 24.9 Å². The second-order valence-electron chi connectivity index (χ2n) is 7.36. The van der Waals surface area contributed by atoms with Crippen molar-refractivity contribution in [1.82, 2.24) is 9.80 Å². The van der Waals surface area contributed by atoms with Gasteiger partial charge in [-0.3, -0.25) is 14.5 Å². The summed E-state index contributed by atoms with van der Waals surface area (Å²) in [6.45, 7) is 3.42. The SMILES string of the molecule is CN1C(=O)N(CCCC(CSc2ccc(OC(F)(F)F)cc2)C(=O)O)C(=O)C1(C)C. The van der Waals surface area contributed by atoms with Crippen molar-refractivity contribution in [2.24, 2.45) is 5.92 Å². The van der Waals surface area contributed by atoms with E-state index in [2.05, 4.69) is 4.74 Å². The molecule has 0 aliphatic carbocycles. The van der Waals surface area contributed by atoms with Crippen LogP contribution in [0.5, 0.6) is 5.75 Å². The highest BCUT2D eigenvalue weighted by Crippen LogP contribution is 2.29. The normalized spacial score (nSPS) is 17.4. The van der Waals surface area contributed by atoms with Crippen LogP contribution in [0.1, 0.15) is 26.7 Å². The maximum Gasteiger partial charge on any atom is 0.573 e. The zero-order valence-corrected chi connectivity index (χ0v) is 17.5. The van der Waals surface area contributed by atoms with Crippen molar-refractivity contribution in [2.45, 2.75) is 43.5 Å². The molecule has 0 saturated carbocycles. The van der Waals surface area contributed by atoms with E-state index in [0.29, 0.717) is 11.3 Å². The summed E-state index contributed by atoms with van der Waals surface area (Å²) in [6, 6.07) is 4.75. The number of imide groups is 1. The first-order valence-electron chi connectivity index (χ1n) is 9.14. The van der Waals surface area contributed by atoms with Gasteiger partial charge in [-0.2, -0.15) is 0 Å². The van der Waals surface area contributed by atoms with Gasteiger partial charge in [0, 0.05) is 24.2 Å². The minimum atomic E-state index is -4.77. The molecule has 3 amide bonds. The number of carbonyl (C=O) groups excluding carboxylic acids is 2. The maximum absolute atomic E-state index is 12.3. The average Bonchev–Trinajstić information content (AvgIpc) is 2.78. The molecular formula is C19H23F3N2O5S. The third-order valence-corrected chi connectivity index (χ3v) is 6.09. The molecule has 11 heteroatoms. The third kappa shape index (κ3) is 5.80. The van der Waals surface area contributed by atoms with Crippen molar-refractivity contribution in [3.05, 3.63) is 24.3 Å². The zero-order chi connectivity index (χ0) is 22.7. The van der Waals surface area contributed by atoms with Gasteiger partial charge in [-0.05, 0) is 51.0 Å². The number of carboxylic acids is 1. The Bertz CT molecular complexity index is 798. The summed E-state index contributed by atoms with van der Waals surface area (Å²) in [4.78, 5) is 39.2. The largest absolute Gasteiger partial charge is 0.573 e. The Morgan fingerprint density at radius 1 is 1.23 bits per heavy atom. The van der Waals surface area contributed by atoms with Crippen LogP contribution >= 0.6 is 11.8 Å². The van der Waals surface area contributed by atoms with Gasteiger partial charge in [0.1, 0.15) is 11.3 Å². The number of ether oxygens (including phenoxy) is 1. The van der Waals surface area contributed by atoms with Crippen molar-refractivity contribution in [3.63, 3.8) is 0 Å². The standard InChI is InChI=1S/C19H23F3N2O5S/c1-18(2)16(27)24(17(28)23(18)3)10-4-5-12(15(25)26)11-30-14-8-6-13(7-9-14)29-19(20,21)22/h6-9,12H,4-5,10-11H2,1-3H3,(H,25,26). The number of urea groups is 1. The molecule has 1 heterocycles. The van der Waals surface area contributed by atoms with Gasteiger partial charge in [-0.1, -0.05) is 0 Å². The summed E-state index contributed by atoms with van der Waals surface area (Å²) in [5, 5.41) is 9.43. The Morgan fingerprint density at radius 3 is 2.30 bits per heavy atom. The van der Waals surface area contributed by atoms with Crippen LogP contribution in [0, 0.1) is 5.92 Å². The first kappa shape index (κ1) is 23.8. The van der Waals surface area contributed by atoms with Crippen molar-refractivity contribution in [2.75, 3.05) is 19.3 Å². The molecule has 2 rings (SSSR count). The van der Waals surface area contributed by atoms with Crippen LogP contribution < -0.4 is 4.74 Å². The molecule has 1 atom stereocenters. The van der Waals surface area contributed by atoms with Gasteiger partial charge < -0.3 is 14.7 Å². The van der Waals surface area contributed by atoms with Crippen LogP contribution in [0.3, 0.4) is 0 Å². The lowest BCUT2D eigenvalue weighted by Crippen LogP contribution is -2.41. The molecule has 30 heavy (non-hydrogen) atoms. The number of hydrogen-bond acceptors (Lipinski definition) is 5. The third-order valence-electron chi connectivity index (χ3n) is 4.92. The van der Waals surface area contributed by atoms with E-state index in [1.165, 1.54) is 28.8 Å². The van der Waals surface area contributed by atoms with Gasteiger partial charge in [0.25, 0.3) is 5.91 Å². The van der Waals surface area contributed by atoms with E-state index in [9.17, 15) is 32.7 Å². The van der Waals surface area contributed by atoms with Crippen molar-refractivity contribution < 1.29 is 37.4 Å². The number of halogens is 3. The van der Waals surface area contributed by atoms with Gasteiger partial charge in [0.2, 0.25) is 0 Å². The molecule has 0 spiro atoms. The van der Waals surface area contributed by atoms with Crippen molar-refractivity contribution in [3.8, 4) is 5.75 Å². The molecule has 0 radical (unpaired) electrons. The number of aliphatic carboxylic acids is 1. The molecule has 166 valence electrons.